The van der Waals surface area contributed by atoms with Crippen LogP contribution in [-0.4, -0.2) is 39.5 Å². The summed E-state index contributed by atoms with van der Waals surface area (Å²) in [6.07, 6.45) is 1.14. The number of aromatic nitrogens is 2. The van der Waals surface area contributed by atoms with Crippen molar-refractivity contribution >= 4 is 34.2 Å². The summed E-state index contributed by atoms with van der Waals surface area (Å²) in [5.41, 5.74) is 1.78. The maximum atomic E-state index is 12.9. The number of nitrogens with zero attached hydrogens (tertiary/aromatic N) is 2. The summed E-state index contributed by atoms with van der Waals surface area (Å²) in [5.74, 6) is -0.683. The first-order valence-electron chi connectivity index (χ1n) is 9.00. The van der Waals surface area contributed by atoms with Crippen molar-refractivity contribution in [3.8, 4) is 11.5 Å². The van der Waals surface area contributed by atoms with E-state index in [0.717, 1.165) is 0 Å². The van der Waals surface area contributed by atoms with E-state index in [4.69, 9.17) is 9.84 Å². The third-order valence-electron chi connectivity index (χ3n) is 4.90. The highest BCUT2D eigenvalue weighted by molar-refractivity contribution is 6.01. The zero-order valence-electron chi connectivity index (χ0n) is 16.3. The van der Waals surface area contributed by atoms with Crippen LogP contribution >= 0.6 is 0 Å². The van der Waals surface area contributed by atoms with E-state index in [2.05, 4.69) is 9.97 Å². The lowest BCUT2D eigenvalue weighted by atomic mass is 10.0. The number of hydrogen-bond acceptors (Lipinski definition) is 7. The van der Waals surface area contributed by atoms with Gasteiger partial charge in [0.15, 0.2) is 6.29 Å². The molecule has 0 amide bonds. The lowest BCUT2D eigenvalue weighted by molar-refractivity contribution is -0.137. The molecule has 8 heteroatoms. The topological polar surface area (TPSA) is 127 Å². The van der Waals surface area contributed by atoms with Gasteiger partial charge < -0.3 is 14.9 Å². The van der Waals surface area contributed by atoms with E-state index >= 15 is 0 Å². The number of phenols is 1. The molecule has 29 heavy (non-hydrogen) atoms. The summed E-state index contributed by atoms with van der Waals surface area (Å²) in [4.78, 5) is 44.2. The van der Waals surface area contributed by atoms with Crippen LogP contribution in [0.25, 0.3) is 21.9 Å². The number of ether oxygens (including phenoxy) is 1. The fourth-order valence-electron chi connectivity index (χ4n) is 3.44. The summed E-state index contributed by atoms with van der Waals surface area (Å²) in [5, 5.41) is 19.2. The Kier molecular flexibility index (Phi) is 5.45. The molecule has 0 aliphatic carbocycles. The van der Waals surface area contributed by atoms with Crippen LogP contribution in [0.1, 0.15) is 39.9 Å². The number of aromatic hydroxyl groups is 1. The normalized spacial score (nSPS) is 11.0. The molecule has 0 unspecified atom stereocenters. The van der Waals surface area contributed by atoms with Gasteiger partial charge in [-0.25, -0.2) is 9.97 Å². The fourth-order valence-corrected chi connectivity index (χ4v) is 3.44. The molecule has 150 valence electrons. The highest BCUT2D eigenvalue weighted by Crippen LogP contribution is 2.31. The molecule has 0 fully saturated rings. The third-order valence-corrected chi connectivity index (χ3v) is 4.90. The summed E-state index contributed by atoms with van der Waals surface area (Å²) in [7, 11) is 1.49. The fraction of sp³-hybridized carbons (Fsp3) is 0.286. The Hall–Kier alpha value is -3.55. The van der Waals surface area contributed by atoms with Gasteiger partial charge >= 0.3 is 5.97 Å². The molecule has 0 atom stereocenters. The van der Waals surface area contributed by atoms with E-state index in [1.807, 2.05) is 0 Å². The zero-order valence-corrected chi connectivity index (χ0v) is 16.3. The molecule has 0 spiro atoms. The number of aldehydes is 1. The first kappa shape index (κ1) is 20.2. The Morgan fingerprint density at radius 2 is 1.90 bits per heavy atom. The van der Waals surface area contributed by atoms with E-state index in [1.165, 1.54) is 13.2 Å². The minimum absolute atomic E-state index is 0.0306. The Balaban J connectivity index is 2.48. The van der Waals surface area contributed by atoms with Crippen molar-refractivity contribution in [3.63, 3.8) is 0 Å². The van der Waals surface area contributed by atoms with Gasteiger partial charge in [0.1, 0.15) is 11.5 Å². The second-order valence-corrected chi connectivity index (χ2v) is 6.80. The van der Waals surface area contributed by atoms with Crippen LogP contribution in [0.5, 0.6) is 11.5 Å². The highest BCUT2D eigenvalue weighted by atomic mass is 16.5. The number of carbonyl (C=O) groups is 2. The largest absolute Gasteiger partial charge is 0.507 e. The van der Waals surface area contributed by atoms with E-state index in [-0.39, 0.29) is 28.6 Å². The number of carboxylic acids is 1. The number of hydrogen-bond donors (Lipinski definition) is 2. The molecule has 0 aliphatic heterocycles. The molecule has 8 nitrogen and oxygen atoms in total. The lowest BCUT2D eigenvalue weighted by Gasteiger charge is -2.10. The van der Waals surface area contributed by atoms with Crippen LogP contribution in [0, 0.1) is 13.8 Å². The number of carbonyl (C=O) groups excluding carboxylic acids is 1. The van der Waals surface area contributed by atoms with Crippen molar-refractivity contribution in [3.05, 3.63) is 44.7 Å². The van der Waals surface area contributed by atoms with Gasteiger partial charge in [0.25, 0.3) is 5.56 Å². The van der Waals surface area contributed by atoms with Crippen LogP contribution in [0.4, 0.5) is 0 Å². The summed E-state index contributed by atoms with van der Waals surface area (Å²) in [6.45, 7) is 3.37. The second kappa shape index (κ2) is 7.83. The van der Waals surface area contributed by atoms with Crippen molar-refractivity contribution in [1.29, 1.82) is 0 Å². The molecule has 0 aliphatic rings. The van der Waals surface area contributed by atoms with Crippen LogP contribution < -0.4 is 10.3 Å². The molecule has 0 saturated heterocycles. The molecule has 3 rings (SSSR count). The van der Waals surface area contributed by atoms with Gasteiger partial charge in [0.2, 0.25) is 0 Å². The minimum Gasteiger partial charge on any atom is -0.507 e. The predicted molar refractivity (Wildman–Crippen MR) is 107 cm³/mol. The van der Waals surface area contributed by atoms with Gasteiger partial charge in [-0.15, -0.1) is 0 Å². The zero-order chi connectivity index (χ0) is 21.3. The first-order chi connectivity index (χ1) is 13.8. The number of benzene rings is 2. The molecule has 0 bridgehead atoms. The number of rotatable bonds is 6. The maximum absolute atomic E-state index is 12.9. The van der Waals surface area contributed by atoms with Gasteiger partial charge in [-0.3, -0.25) is 14.4 Å². The van der Waals surface area contributed by atoms with Crippen molar-refractivity contribution in [2.45, 2.75) is 33.1 Å². The molecule has 2 aromatic carbocycles. The predicted octanol–water partition coefficient (Wildman–Crippen LogP) is 2.69. The molecule has 1 heterocycles. The number of methoxy groups -OCH3 is 1. The maximum Gasteiger partial charge on any atom is 0.303 e. The standard InChI is InChI=1S/C21H20N2O6/c1-10-7-14(25)13(9-24)20-17(10)21(28)23-18-11(2)15(29-3)8-12(19(18)22-20)5-4-6-16(26)27/h7-9,25H,4-6H2,1-3H3,(H,26,27). The minimum atomic E-state index is -0.916. The summed E-state index contributed by atoms with van der Waals surface area (Å²) < 4.78 is 5.39. The Bertz CT molecular complexity index is 1220. The average Bonchev–Trinajstić information content (AvgIpc) is 2.80. The third kappa shape index (κ3) is 3.61. The van der Waals surface area contributed by atoms with Crippen LogP contribution in [0.2, 0.25) is 0 Å². The summed E-state index contributed by atoms with van der Waals surface area (Å²) >= 11 is 0. The van der Waals surface area contributed by atoms with Crippen molar-refractivity contribution in [2.75, 3.05) is 7.11 Å². The Labute approximate surface area is 165 Å². The number of fused-ring (bicyclic) bond motifs is 2. The van der Waals surface area contributed by atoms with Gasteiger partial charge in [-0.1, -0.05) is 0 Å². The molecule has 0 saturated carbocycles. The van der Waals surface area contributed by atoms with Gasteiger partial charge in [-0.05, 0) is 49.9 Å². The Morgan fingerprint density at radius 3 is 2.52 bits per heavy atom. The van der Waals surface area contributed by atoms with E-state index in [1.54, 1.807) is 19.9 Å². The van der Waals surface area contributed by atoms with Gasteiger partial charge in [0.05, 0.1) is 34.6 Å². The number of aliphatic carboxylic acids is 1. The van der Waals surface area contributed by atoms with Crippen LogP contribution in [0.15, 0.2) is 16.9 Å². The smallest absolute Gasteiger partial charge is 0.303 e. The van der Waals surface area contributed by atoms with E-state index < -0.39 is 11.5 Å². The highest BCUT2D eigenvalue weighted by Gasteiger charge is 2.18. The van der Waals surface area contributed by atoms with E-state index in [9.17, 15) is 19.5 Å². The lowest BCUT2D eigenvalue weighted by Crippen LogP contribution is -2.06. The second-order valence-electron chi connectivity index (χ2n) is 6.80. The van der Waals surface area contributed by atoms with Crippen LogP contribution in [-0.2, 0) is 11.2 Å². The molecule has 0 radical (unpaired) electrons. The number of phenolic OH excluding ortho intramolecular Hbond substituents is 1. The van der Waals surface area contributed by atoms with Gasteiger partial charge in [-0.2, -0.15) is 0 Å². The molecule has 3 aromatic rings. The molecule has 1 aromatic heterocycles. The number of aryl methyl sites for hydroxylation is 3. The first-order valence-corrected chi connectivity index (χ1v) is 9.00. The van der Waals surface area contributed by atoms with Crippen LogP contribution in [0.3, 0.4) is 0 Å². The van der Waals surface area contributed by atoms with Crippen molar-refractivity contribution < 1.29 is 24.5 Å². The van der Waals surface area contributed by atoms with Crippen molar-refractivity contribution in [2.24, 2.45) is 0 Å². The Morgan fingerprint density at radius 1 is 1.17 bits per heavy atom. The number of carboxylic acid groups (broad SMARTS) is 1. The summed E-state index contributed by atoms with van der Waals surface area (Å²) in [6, 6.07) is 3.07. The monoisotopic (exact) mass is 396 g/mol. The molecular formula is C21H20N2O6. The van der Waals surface area contributed by atoms with Crippen molar-refractivity contribution in [1.82, 2.24) is 9.97 Å². The molecular weight excluding hydrogens is 376 g/mol. The SMILES string of the molecule is COc1cc(CCCC(=O)O)c2nc3c(C=O)c(O)cc(C)c3c(=O)nc2c1C. The van der Waals surface area contributed by atoms with Gasteiger partial charge in [0, 0.05) is 12.0 Å². The quantitative estimate of drug-likeness (QED) is 0.609. The molecule has 2 N–H and O–H groups in total. The van der Waals surface area contributed by atoms with E-state index in [0.29, 0.717) is 52.6 Å². The average molecular weight is 396 g/mol.